The first-order chi connectivity index (χ1) is 18.6. The first-order valence-electron chi connectivity index (χ1n) is 14.0. The van der Waals surface area contributed by atoms with Gasteiger partial charge in [-0.1, -0.05) is 26.2 Å². The highest BCUT2D eigenvalue weighted by Gasteiger charge is 2.25. The summed E-state index contributed by atoms with van der Waals surface area (Å²) in [5.74, 6) is 0.537. The predicted molar refractivity (Wildman–Crippen MR) is 151 cm³/mol. The number of unbranched alkanes of at least 4 members (excludes halogenated alkanes) is 4. The van der Waals surface area contributed by atoms with E-state index >= 15 is 0 Å². The SMILES string of the molecule is CCC1CCc2cc(OCCCCCCCC(=O)OC(C)(C)C)c(OC)cc2-c2cc(=O)c(C(=O)OC)cn21. The second kappa shape index (κ2) is 13.7. The topological polar surface area (TPSA) is 93.1 Å². The van der Waals surface area contributed by atoms with Gasteiger partial charge in [0.25, 0.3) is 0 Å². The molecular formula is C31H43NO7. The average molecular weight is 542 g/mol. The number of aryl methyl sites for hydroxylation is 1. The highest BCUT2D eigenvalue weighted by atomic mass is 16.6. The van der Waals surface area contributed by atoms with Crippen LogP contribution in [0.3, 0.4) is 0 Å². The van der Waals surface area contributed by atoms with Gasteiger partial charge >= 0.3 is 11.9 Å². The predicted octanol–water partition coefficient (Wildman–Crippen LogP) is 6.27. The summed E-state index contributed by atoms with van der Waals surface area (Å²) in [6.45, 7) is 8.32. The lowest BCUT2D eigenvalue weighted by atomic mass is 9.99. The number of nitrogens with zero attached hydrogens (tertiary/aromatic N) is 1. The zero-order valence-electron chi connectivity index (χ0n) is 24.3. The maximum atomic E-state index is 12.8. The van der Waals surface area contributed by atoms with Crippen LogP contribution in [-0.4, -0.2) is 42.9 Å². The van der Waals surface area contributed by atoms with Gasteiger partial charge in [-0.2, -0.15) is 0 Å². The molecule has 0 amide bonds. The Balaban J connectivity index is 1.65. The highest BCUT2D eigenvalue weighted by Crippen LogP contribution is 2.40. The van der Waals surface area contributed by atoms with Crippen LogP contribution in [0.25, 0.3) is 11.3 Å². The Hall–Kier alpha value is -3.29. The number of esters is 2. The maximum absolute atomic E-state index is 12.8. The van der Waals surface area contributed by atoms with E-state index in [2.05, 4.69) is 6.92 Å². The van der Waals surface area contributed by atoms with Gasteiger partial charge in [0.05, 0.1) is 26.5 Å². The van der Waals surface area contributed by atoms with Gasteiger partial charge in [0, 0.05) is 30.3 Å². The van der Waals surface area contributed by atoms with Crippen molar-refractivity contribution in [2.75, 3.05) is 20.8 Å². The van der Waals surface area contributed by atoms with E-state index in [1.165, 1.54) is 13.2 Å². The number of hydrogen-bond acceptors (Lipinski definition) is 7. The summed E-state index contributed by atoms with van der Waals surface area (Å²) in [5, 5.41) is 0. The molecule has 3 rings (SSSR count). The lowest BCUT2D eigenvalue weighted by Crippen LogP contribution is -2.23. The van der Waals surface area contributed by atoms with Crippen LogP contribution in [0.15, 0.2) is 29.2 Å². The number of carbonyl (C=O) groups is 2. The van der Waals surface area contributed by atoms with E-state index in [0.717, 1.165) is 68.2 Å². The number of hydrogen-bond donors (Lipinski definition) is 0. The van der Waals surface area contributed by atoms with E-state index in [0.29, 0.717) is 24.5 Å². The molecule has 214 valence electrons. The minimum atomic E-state index is -0.626. The molecule has 0 fully saturated rings. The molecule has 0 saturated carbocycles. The first-order valence-corrected chi connectivity index (χ1v) is 14.0. The summed E-state index contributed by atoms with van der Waals surface area (Å²) < 4.78 is 24.0. The van der Waals surface area contributed by atoms with Gasteiger partial charge in [0.2, 0.25) is 0 Å². The molecule has 0 radical (unpaired) electrons. The zero-order valence-corrected chi connectivity index (χ0v) is 24.3. The molecule has 8 heteroatoms. The summed E-state index contributed by atoms with van der Waals surface area (Å²) in [6.07, 6.45) is 9.40. The second-order valence-corrected chi connectivity index (χ2v) is 11.0. The number of rotatable bonds is 12. The molecule has 0 saturated heterocycles. The van der Waals surface area contributed by atoms with E-state index < -0.39 is 11.6 Å². The molecule has 1 aliphatic heterocycles. The lowest BCUT2D eigenvalue weighted by Gasteiger charge is -2.21. The van der Waals surface area contributed by atoms with Crippen LogP contribution in [0.5, 0.6) is 11.5 Å². The molecule has 2 aromatic rings. The van der Waals surface area contributed by atoms with E-state index in [9.17, 15) is 14.4 Å². The number of ether oxygens (including phenoxy) is 4. The van der Waals surface area contributed by atoms with Gasteiger partial charge in [-0.05, 0) is 70.6 Å². The Morgan fingerprint density at radius 2 is 1.72 bits per heavy atom. The van der Waals surface area contributed by atoms with Gasteiger partial charge in [-0.25, -0.2) is 4.79 Å². The normalized spacial score (nSPS) is 14.6. The van der Waals surface area contributed by atoms with E-state index in [1.54, 1.807) is 13.3 Å². The molecule has 0 aliphatic carbocycles. The van der Waals surface area contributed by atoms with Gasteiger partial charge in [0.1, 0.15) is 11.2 Å². The Labute approximate surface area is 231 Å². The van der Waals surface area contributed by atoms with Crippen LogP contribution < -0.4 is 14.9 Å². The van der Waals surface area contributed by atoms with E-state index in [4.69, 9.17) is 18.9 Å². The standard InChI is InChI=1S/C31H43NO7/c1-7-22-15-14-21-17-28(38-16-12-10-8-9-11-13-29(34)39-31(2,3)4)27(36-5)18-23(21)25-19-26(33)24(20-32(22)25)30(35)37-6/h17-20,22H,7-16H2,1-6H3. The Kier molecular flexibility index (Phi) is 10.6. The van der Waals surface area contributed by atoms with Crippen LogP contribution in [0.1, 0.15) is 101 Å². The van der Waals surface area contributed by atoms with Crippen molar-refractivity contribution in [3.8, 4) is 22.8 Å². The molecule has 1 unspecified atom stereocenters. The number of methoxy groups -OCH3 is 2. The third-order valence-corrected chi connectivity index (χ3v) is 6.96. The summed E-state index contributed by atoms with van der Waals surface area (Å²) in [6, 6.07) is 5.63. The van der Waals surface area contributed by atoms with Crippen molar-refractivity contribution in [3.63, 3.8) is 0 Å². The molecular weight excluding hydrogens is 498 g/mol. The summed E-state index contributed by atoms with van der Waals surface area (Å²) in [7, 11) is 2.89. The average Bonchev–Trinajstić information content (AvgIpc) is 3.03. The molecule has 39 heavy (non-hydrogen) atoms. The van der Waals surface area contributed by atoms with E-state index in [-0.39, 0.29) is 23.0 Å². The molecule has 0 N–H and O–H groups in total. The van der Waals surface area contributed by atoms with Crippen molar-refractivity contribution >= 4 is 11.9 Å². The summed E-state index contributed by atoms with van der Waals surface area (Å²) in [4.78, 5) is 36.8. The van der Waals surface area contributed by atoms with Gasteiger partial charge < -0.3 is 23.5 Å². The van der Waals surface area contributed by atoms with Crippen LogP contribution in [0, 0.1) is 0 Å². The van der Waals surface area contributed by atoms with Crippen molar-refractivity contribution < 1.29 is 28.5 Å². The second-order valence-electron chi connectivity index (χ2n) is 11.0. The minimum Gasteiger partial charge on any atom is -0.493 e. The van der Waals surface area contributed by atoms with Crippen LogP contribution in [0.2, 0.25) is 0 Å². The highest BCUT2D eigenvalue weighted by molar-refractivity contribution is 5.89. The smallest absolute Gasteiger partial charge is 0.343 e. The Bertz CT molecular complexity index is 1210. The molecule has 2 heterocycles. The van der Waals surface area contributed by atoms with E-state index in [1.807, 2.05) is 37.5 Å². The maximum Gasteiger partial charge on any atom is 0.343 e. The number of benzene rings is 1. The third-order valence-electron chi connectivity index (χ3n) is 6.96. The fourth-order valence-corrected chi connectivity index (χ4v) is 4.99. The molecule has 1 aromatic heterocycles. The summed E-state index contributed by atoms with van der Waals surface area (Å²) >= 11 is 0. The third kappa shape index (κ3) is 8.10. The van der Waals surface area contributed by atoms with Crippen molar-refractivity contribution in [1.82, 2.24) is 4.57 Å². The Morgan fingerprint density at radius 3 is 2.38 bits per heavy atom. The molecule has 0 spiro atoms. The fourth-order valence-electron chi connectivity index (χ4n) is 4.99. The summed E-state index contributed by atoms with van der Waals surface area (Å²) in [5.41, 5.74) is 2.01. The zero-order chi connectivity index (χ0) is 28.6. The monoisotopic (exact) mass is 541 g/mol. The molecule has 8 nitrogen and oxygen atoms in total. The largest absolute Gasteiger partial charge is 0.493 e. The van der Waals surface area contributed by atoms with Gasteiger partial charge in [-0.15, -0.1) is 0 Å². The fraction of sp³-hybridized carbons (Fsp3) is 0.581. The molecule has 0 bridgehead atoms. The van der Waals surface area contributed by atoms with Gasteiger partial charge in [-0.3, -0.25) is 9.59 Å². The lowest BCUT2D eigenvalue weighted by molar-refractivity contribution is -0.154. The minimum absolute atomic E-state index is 0.0416. The number of pyridine rings is 1. The van der Waals surface area contributed by atoms with Gasteiger partial charge in [0.15, 0.2) is 16.9 Å². The molecule has 1 aromatic carbocycles. The van der Waals surface area contributed by atoms with Crippen LogP contribution in [0.4, 0.5) is 0 Å². The quantitative estimate of drug-likeness (QED) is 0.231. The first kappa shape index (κ1) is 30.3. The Morgan fingerprint density at radius 1 is 1.00 bits per heavy atom. The van der Waals surface area contributed by atoms with Crippen LogP contribution in [-0.2, 0) is 20.7 Å². The number of carbonyl (C=O) groups excluding carboxylic acids is 2. The van der Waals surface area contributed by atoms with Crippen molar-refractivity contribution in [2.45, 2.75) is 97.1 Å². The number of aromatic nitrogens is 1. The van der Waals surface area contributed by atoms with Crippen molar-refractivity contribution in [3.05, 3.63) is 45.7 Å². The van der Waals surface area contributed by atoms with Crippen molar-refractivity contribution in [1.29, 1.82) is 0 Å². The molecule has 1 aliphatic rings. The number of fused-ring (bicyclic) bond motifs is 3. The van der Waals surface area contributed by atoms with Crippen molar-refractivity contribution in [2.24, 2.45) is 0 Å². The van der Waals surface area contributed by atoms with Crippen LogP contribution >= 0.6 is 0 Å². The molecule has 1 atom stereocenters.